The van der Waals surface area contributed by atoms with Crippen molar-refractivity contribution in [1.82, 2.24) is 5.32 Å². The summed E-state index contributed by atoms with van der Waals surface area (Å²) in [6.07, 6.45) is 0. The van der Waals surface area contributed by atoms with Crippen LogP contribution in [-0.4, -0.2) is 38.2 Å². The van der Waals surface area contributed by atoms with Gasteiger partial charge in [-0.15, -0.1) is 12.4 Å². The number of carbonyl (C=O) groups is 2. The minimum Gasteiger partial charge on any atom is -0.383 e. The molecule has 118 valence electrons. The second kappa shape index (κ2) is 9.98. The number of halogens is 1. The number of anilines is 2. The Balaban J connectivity index is 0.00000400. The van der Waals surface area contributed by atoms with Crippen LogP contribution in [0.2, 0.25) is 0 Å². The van der Waals surface area contributed by atoms with E-state index in [1.165, 1.54) is 7.11 Å². The number of methoxy groups -OCH3 is 1. The van der Waals surface area contributed by atoms with Crippen LogP contribution in [0, 0.1) is 0 Å². The van der Waals surface area contributed by atoms with Gasteiger partial charge in [0.2, 0.25) is 5.91 Å². The van der Waals surface area contributed by atoms with E-state index < -0.39 is 6.04 Å². The Bertz CT molecular complexity index is 470. The van der Waals surface area contributed by atoms with E-state index in [0.29, 0.717) is 17.9 Å². The molecule has 7 nitrogen and oxygen atoms in total. The molecule has 0 heterocycles. The lowest BCUT2D eigenvalue weighted by molar-refractivity contribution is -0.118. The number of amides is 3. The van der Waals surface area contributed by atoms with Gasteiger partial charge in [-0.25, -0.2) is 4.79 Å². The molecule has 0 radical (unpaired) electrons. The standard InChI is InChI=1S/C13H20N4O3.ClH/c1-3-15-13(19)17-10-6-4-5-9(7-10)16-12(18)11(14)8-20-2;/h4-7,11H,3,8,14H2,1-2H3,(H,16,18)(H2,15,17,19);1H. The summed E-state index contributed by atoms with van der Waals surface area (Å²) in [5.74, 6) is -0.345. The number of nitrogens with two attached hydrogens (primary N) is 1. The zero-order chi connectivity index (χ0) is 15.0. The van der Waals surface area contributed by atoms with Crippen molar-refractivity contribution in [1.29, 1.82) is 0 Å². The Hall–Kier alpha value is -1.83. The van der Waals surface area contributed by atoms with Gasteiger partial charge in [-0.05, 0) is 25.1 Å². The second-order valence-electron chi connectivity index (χ2n) is 4.12. The van der Waals surface area contributed by atoms with Gasteiger partial charge in [-0.2, -0.15) is 0 Å². The minimum atomic E-state index is -0.736. The van der Waals surface area contributed by atoms with Crippen LogP contribution in [0.25, 0.3) is 0 Å². The predicted molar refractivity (Wildman–Crippen MR) is 84.9 cm³/mol. The average molecular weight is 317 g/mol. The molecule has 0 aliphatic heterocycles. The quantitative estimate of drug-likeness (QED) is 0.632. The van der Waals surface area contributed by atoms with Crippen LogP contribution >= 0.6 is 12.4 Å². The van der Waals surface area contributed by atoms with Crippen molar-refractivity contribution < 1.29 is 14.3 Å². The van der Waals surface area contributed by atoms with Crippen molar-refractivity contribution in [3.05, 3.63) is 24.3 Å². The van der Waals surface area contributed by atoms with Crippen molar-refractivity contribution >= 4 is 35.7 Å². The zero-order valence-corrected chi connectivity index (χ0v) is 12.8. The maximum absolute atomic E-state index is 11.7. The summed E-state index contributed by atoms with van der Waals surface area (Å²) in [7, 11) is 1.48. The molecule has 0 aliphatic rings. The van der Waals surface area contributed by atoms with Crippen LogP contribution in [0.4, 0.5) is 16.2 Å². The molecule has 8 heteroatoms. The molecule has 1 unspecified atom stereocenters. The molecule has 1 atom stereocenters. The monoisotopic (exact) mass is 316 g/mol. The van der Waals surface area contributed by atoms with Crippen LogP contribution in [0.5, 0.6) is 0 Å². The fraction of sp³-hybridized carbons (Fsp3) is 0.385. The lowest BCUT2D eigenvalue weighted by Crippen LogP contribution is -2.39. The van der Waals surface area contributed by atoms with Gasteiger partial charge in [0, 0.05) is 25.0 Å². The van der Waals surface area contributed by atoms with Crippen LogP contribution in [0.15, 0.2) is 24.3 Å². The van der Waals surface area contributed by atoms with Crippen molar-refractivity contribution in [3.63, 3.8) is 0 Å². The summed E-state index contributed by atoms with van der Waals surface area (Å²) in [5, 5.41) is 7.93. The fourth-order valence-corrected chi connectivity index (χ4v) is 1.50. The van der Waals surface area contributed by atoms with E-state index in [2.05, 4.69) is 16.0 Å². The number of nitrogens with one attached hydrogen (secondary N) is 3. The lowest BCUT2D eigenvalue weighted by Gasteiger charge is -2.12. The molecular formula is C13H21ClN4O3. The van der Waals surface area contributed by atoms with E-state index in [4.69, 9.17) is 10.5 Å². The van der Waals surface area contributed by atoms with Crippen LogP contribution in [0.1, 0.15) is 6.92 Å². The number of rotatable bonds is 6. The van der Waals surface area contributed by atoms with Gasteiger partial charge in [-0.3, -0.25) is 4.79 Å². The Morgan fingerprint density at radius 1 is 1.29 bits per heavy atom. The minimum absolute atomic E-state index is 0. The van der Waals surface area contributed by atoms with E-state index in [9.17, 15) is 9.59 Å². The third-order valence-corrected chi connectivity index (χ3v) is 2.41. The topological polar surface area (TPSA) is 105 Å². The van der Waals surface area contributed by atoms with Gasteiger partial charge in [0.1, 0.15) is 6.04 Å². The van der Waals surface area contributed by atoms with Gasteiger partial charge in [0.05, 0.1) is 6.61 Å². The molecule has 3 amide bonds. The lowest BCUT2D eigenvalue weighted by atomic mass is 10.2. The Labute approximate surface area is 130 Å². The SMILES string of the molecule is CCNC(=O)Nc1cccc(NC(=O)C(N)COC)c1.Cl. The predicted octanol–water partition coefficient (Wildman–Crippen LogP) is 1.16. The van der Waals surface area contributed by atoms with Gasteiger partial charge < -0.3 is 26.4 Å². The second-order valence-corrected chi connectivity index (χ2v) is 4.12. The first-order chi connectivity index (χ1) is 9.56. The van der Waals surface area contributed by atoms with Crippen molar-refractivity contribution in [2.24, 2.45) is 5.73 Å². The summed E-state index contributed by atoms with van der Waals surface area (Å²) in [6.45, 7) is 2.50. The highest BCUT2D eigenvalue weighted by Gasteiger charge is 2.13. The molecule has 0 aromatic heterocycles. The number of carbonyl (C=O) groups excluding carboxylic acids is 2. The number of hydrogen-bond donors (Lipinski definition) is 4. The van der Waals surface area contributed by atoms with E-state index in [1.54, 1.807) is 24.3 Å². The first kappa shape index (κ1) is 19.2. The molecular weight excluding hydrogens is 296 g/mol. The Morgan fingerprint density at radius 3 is 2.48 bits per heavy atom. The summed E-state index contributed by atoms with van der Waals surface area (Å²) in [4.78, 5) is 23.1. The fourth-order valence-electron chi connectivity index (χ4n) is 1.50. The molecule has 5 N–H and O–H groups in total. The third kappa shape index (κ3) is 6.94. The van der Waals surface area contributed by atoms with E-state index in [1.807, 2.05) is 6.92 Å². The molecule has 0 saturated heterocycles. The Kier molecular flexibility index (Phi) is 9.11. The largest absolute Gasteiger partial charge is 0.383 e. The zero-order valence-electron chi connectivity index (χ0n) is 12.0. The molecule has 0 spiro atoms. The van der Waals surface area contributed by atoms with Gasteiger partial charge >= 0.3 is 6.03 Å². The van der Waals surface area contributed by atoms with Gasteiger partial charge in [-0.1, -0.05) is 6.07 Å². The first-order valence-corrected chi connectivity index (χ1v) is 6.27. The molecule has 0 saturated carbocycles. The van der Waals surface area contributed by atoms with Crippen LogP contribution in [-0.2, 0) is 9.53 Å². The summed E-state index contributed by atoms with van der Waals surface area (Å²) >= 11 is 0. The molecule has 1 aromatic carbocycles. The highest BCUT2D eigenvalue weighted by atomic mass is 35.5. The first-order valence-electron chi connectivity index (χ1n) is 6.27. The molecule has 21 heavy (non-hydrogen) atoms. The maximum Gasteiger partial charge on any atom is 0.319 e. The third-order valence-electron chi connectivity index (χ3n) is 2.41. The number of ether oxygens (including phenoxy) is 1. The summed E-state index contributed by atoms with van der Waals surface area (Å²) < 4.78 is 4.81. The van der Waals surface area contributed by atoms with Crippen molar-refractivity contribution in [2.45, 2.75) is 13.0 Å². The Morgan fingerprint density at radius 2 is 1.90 bits per heavy atom. The van der Waals surface area contributed by atoms with Gasteiger partial charge in [0.25, 0.3) is 0 Å². The number of hydrogen-bond acceptors (Lipinski definition) is 4. The molecule has 0 bridgehead atoms. The smallest absolute Gasteiger partial charge is 0.319 e. The van der Waals surface area contributed by atoms with Crippen LogP contribution < -0.4 is 21.7 Å². The van der Waals surface area contributed by atoms with E-state index >= 15 is 0 Å². The summed E-state index contributed by atoms with van der Waals surface area (Å²) in [5.41, 5.74) is 6.75. The van der Waals surface area contributed by atoms with Gasteiger partial charge in [0.15, 0.2) is 0 Å². The van der Waals surface area contributed by atoms with Crippen LogP contribution in [0.3, 0.4) is 0 Å². The van der Waals surface area contributed by atoms with Crippen molar-refractivity contribution in [2.75, 3.05) is 30.9 Å². The van der Waals surface area contributed by atoms with Crippen molar-refractivity contribution in [3.8, 4) is 0 Å². The van der Waals surface area contributed by atoms with E-state index in [-0.39, 0.29) is 31.0 Å². The highest BCUT2D eigenvalue weighted by molar-refractivity contribution is 5.96. The maximum atomic E-state index is 11.7. The highest BCUT2D eigenvalue weighted by Crippen LogP contribution is 2.15. The normalized spacial score (nSPS) is 11.0. The number of benzene rings is 1. The summed E-state index contributed by atoms with van der Waals surface area (Å²) in [6, 6.07) is 5.76. The molecule has 1 aromatic rings. The molecule has 0 aliphatic carbocycles. The number of urea groups is 1. The van der Waals surface area contributed by atoms with E-state index in [0.717, 1.165) is 0 Å². The average Bonchev–Trinajstić information content (AvgIpc) is 2.39. The molecule has 0 fully saturated rings. The molecule has 1 rings (SSSR count).